The zero-order valence-electron chi connectivity index (χ0n) is 14.0. The van der Waals surface area contributed by atoms with Crippen LogP contribution in [0.15, 0.2) is 48.5 Å². The van der Waals surface area contributed by atoms with Crippen molar-refractivity contribution in [2.24, 2.45) is 5.73 Å². The second-order valence-corrected chi connectivity index (χ2v) is 5.61. The van der Waals surface area contributed by atoms with E-state index in [4.69, 9.17) is 15.7 Å². The van der Waals surface area contributed by atoms with Crippen molar-refractivity contribution < 1.29 is 9.53 Å². The molecule has 0 unspecified atom stereocenters. The van der Waals surface area contributed by atoms with Crippen LogP contribution in [0.3, 0.4) is 0 Å². The van der Waals surface area contributed by atoms with Crippen LogP contribution in [0.4, 0.5) is 0 Å². The quantitative estimate of drug-likeness (QED) is 0.760. The van der Waals surface area contributed by atoms with E-state index >= 15 is 0 Å². The molecule has 2 heterocycles. The van der Waals surface area contributed by atoms with Gasteiger partial charge in [-0.1, -0.05) is 12.1 Å². The Morgan fingerprint density at radius 2 is 2.00 bits per heavy atom. The highest BCUT2D eigenvalue weighted by Gasteiger charge is 2.15. The largest absolute Gasteiger partial charge is 0.437 e. The SMILES string of the molecule is Cc1cccc(Cc2cc(Oc3cccc(C#N)c3)nnc2C(N)=O)n1. The lowest BCUT2D eigenvalue weighted by Crippen LogP contribution is -2.17. The summed E-state index contributed by atoms with van der Waals surface area (Å²) in [7, 11) is 0. The number of rotatable bonds is 5. The van der Waals surface area contributed by atoms with Gasteiger partial charge in [0.05, 0.1) is 11.6 Å². The van der Waals surface area contributed by atoms with Gasteiger partial charge in [-0.15, -0.1) is 10.2 Å². The zero-order chi connectivity index (χ0) is 18.5. The molecule has 2 aromatic heterocycles. The average Bonchev–Trinajstić information content (AvgIpc) is 2.62. The number of ether oxygens (including phenoxy) is 1. The van der Waals surface area contributed by atoms with Gasteiger partial charge in [0.1, 0.15) is 5.75 Å². The molecule has 1 aromatic carbocycles. The summed E-state index contributed by atoms with van der Waals surface area (Å²) in [5.74, 6) is -0.0178. The van der Waals surface area contributed by atoms with Crippen LogP contribution in [-0.2, 0) is 6.42 Å². The van der Waals surface area contributed by atoms with Crippen LogP contribution in [0.2, 0.25) is 0 Å². The number of nitrogens with two attached hydrogens (primary N) is 1. The second kappa shape index (κ2) is 7.40. The Bertz CT molecular complexity index is 1010. The Morgan fingerprint density at radius 3 is 2.73 bits per heavy atom. The maximum Gasteiger partial charge on any atom is 0.269 e. The molecule has 0 fully saturated rings. The minimum absolute atomic E-state index is 0.0754. The molecule has 0 atom stereocenters. The number of aromatic nitrogens is 3. The van der Waals surface area contributed by atoms with E-state index in [-0.39, 0.29) is 11.6 Å². The summed E-state index contributed by atoms with van der Waals surface area (Å²) in [6, 6.07) is 15.9. The average molecular weight is 345 g/mol. The first kappa shape index (κ1) is 17.0. The van der Waals surface area contributed by atoms with E-state index in [1.165, 1.54) is 0 Å². The maximum atomic E-state index is 11.7. The lowest BCUT2D eigenvalue weighted by Gasteiger charge is -2.09. The normalized spacial score (nSPS) is 10.2. The number of hydrogen-bond donors (Lipinski definition) is 1. The van der Waals surface area contributed by atoms with E-state index in [0.717, 1.165) is 11.4 Å². The van der Waals surface area contributed by atoms with Gasteiger partial charge in [-0.25, -0.2) is 0 Å². The predicted molar refractivity (Wildman–Crippen MR) is 93.6 cm³/mol. The van der Waals surface area contributed by atoms with Crippen molar-refractivity contribution in [1.29, 1.82) is 5.26 Å². The minimum atomic E-state index is -0.668. The fourth-order valence-electron chi connectivity index (χ4n) is 2.44. The van der Waals surface area contributed by atoms with Crippen LogP contribution in [0.1, 0.15) is 33.0 Å². The standard InChI is InChI=1S/C19H15N5O2/c1-12-4-2-6-15(22-12)9-14-10-17(23-24-18(14)19(21)25)26-16-7-3-5-13(8-16)11-20/h2-8,10H,9H2,1H3,(H2,21,25). The number of aryl methyl sites for hydroxylation is 1. The summed E-state index contributed by atoms with van der Waals surface area (Å²) in [6.07, 6.45) is 0.365. The van der Waals surface area contributed by atoms with Gasteiger partial charge < -0.3 is 10.5 Å². The molecule has 7 nitrogen and oxygen atoms in total. The van der Waals surface area contributed by atoms with E-state index in [1.807, 2.05) is 31.2 Å². The molecule has 0 aliphatic carbocycles. The third-order valence-electron chi connectivity index (χ3n) is 3.59. The third kappa shape index (κ3) is 3.99. The molecular formula is C19H15N5O2. The summed E-state index contributed by atoms with van der Waals surface area (Å²) in [5.41, 5.74) is 8.15. The Labute approximate surface area is 150 Å². The molecule has 7 heteroatoms. The first-order valence-electron chi connectivity index (χ1n) is 7.82. The molecule has 3 aromatic rings. The minimum Gasteiger partial charge on any atom is -0.437 e. The van der Waals surface area contributed by atoms with Crippen LogP contribution in [-0.4, -0.2) is 21.1 Å². The predicted octanol–water partition coefficient (Wildman–Crippen LogP) is 2.53. The highest BCUT2D eigenvalue weighted by atomic mass is 16.5. The number of carbonyl (C=O) groups is 1. The number of benzene rings is 1. The van der Waals surface area contributed by atoms with Gasteiger partial charge in [0, 0.05) is 23.9 Å². The summed E-state index contributed by atoms with van der Waals surface area (Å²) < 4.78 is 5.66. The monoisotopic (exact) mass is 345 g/mol. The Kier molecular flexibility index (Phi) is 4.85. The molecule has 0 bridgehead atoms. The van der Waals surface area contributed by atoms with Crippen LogP contribution >= 0.6 is 0 Å². The molecular weight excluding hydrogens is 330 g/mol. The van der Waals surface area contributed by atoms with Crippen LogP contribution in [0.5, 0.6) is 11.6 Å². The van der Waals surface area contributed by atoms with Crippen molar-refractivity contribution >= 4 is 5.91 Å². The summed E-state index contributed by atoms with van der Waals surface area (Å²) in [4.78, 5) is 16.1. The lowest BCUT2D eigenvalue weighted by atomic mass is 10.1. The Balaban J connectivity index is 1.93. The number of hydrogen-bond acceptors (Lipinski definition) is 6. The highest BCUT2D eigenvalue weighted by molar-refractivity contribution is 5.92. The molecule has 0 spiro atoms. The molecule has 0 saturated heterocycles. The maximum absolute atomic E-state index is 11.7. The number of nitriles is 1. The van der Waals surface area contributed by atoms with Gasteiger partial charge >= 0.3 is 0 Å². The number of nitrogens with zero attached hydrogens (tertiary/aromatic N) is 4. The van der Waals surface area contributed by atoms with E-state index in [9.17, 15) is 4.79 Å². The summed E-state index contributed by atoms with van der Waals surface area (Å²) in [6.45, 7) is 1.89. The van der Waals surface area contributed by atoms with Crippen molar-refractivity contribution in [2.75, 3.05) is 0 Å². The van der Waals surface area contributed by atoms with E-state index in [1.54, 1.807) is 30.3 Å². The van der Waals surface area contributed by atoms with Gasteiger partial charge in [0.25, 0.3) is 5.91 Å². The first-order valence-corrected chi connectivity index (χ1v) is 7.82. The van der Waals surface area contributed by atoms with Gasteiger partial charge in [0.2, 0.25) is 5.88 Å². The molecule has 0 aliphatic heterocycles. The molecule has 3 rings (SSSR count). The summed E-state index contributed by atoms with van der Waals surface area (Å²) in [5, 5.41) is 16.8. The lowest BCUT2D eigenvalue weighted by molar-refractivity contribution is 0.0993. The summed E-state index contributed by atoms with van der Waals surface area (Å²) >= 11 is 0. The fourth-order valence-corrected chi connectivity index (χ4v) is 2.44. The van der Waals surface area contributed by atoms with Crippen LogP contribution < -0.4 is 10.5 Å². The molecule has 2 N–H and O–H groups in total. The Hall–Kier alpha value is -3.79. The number of carbonyl (C=O) groups excluding carboxylic acids is 1. The second-order valence-electron chi connectivity index (χ2n) is 5.61. The van der Waals surface area contributed by atoms with Gasteiger partial charge in [-0.3, -0.25) is 9.78 Å². The zero-order valence-corrected chi connectivity index (χ0v) is 14.0. The van der Waals surface area contributed by atoms with Gasteiger partial charge in [-0.2, -0.15) is 5.26 Å². The van der Waals surface area contributed by atoms with Gasteiger partial charge in [-0.05, 0) is 42.8 Å². The first-order chi connectivity index (χ1) is 12.5. The molecule has 1 amide bonds. The smallest absolute Gasteiger partial charge is 0.269 e. The van der Waals surface area contributed by atoms with E-state index in [2.05, 4.69) is 15.2 Å². The highest BCUT2D eigenvalue weighted by Crippen LogP contribution is 2.22. The fraction of sp³-hybridized carbons (Fsp3) is 0.105. The topological polar surface area (TPSA) is 115 Å². The Morgan fingerprint density at radius 1 is 1.19 bits per heavy atom. The molecule has 0 radical (unpaired) electrons. The van der Waals surface area contributed by atoms with Crippen LogP contribution in [0, 0.1) is 18.3 Å². The number of primary amides is 1. The molecule has 0 saturated carbocycles. The van der Waals surface area contributed by atoms with Crippen molar-refractivity contribution in [3.05, 3.63) is 76.7 Å². The van der Waals surface area contributed by atoms with Crippen molar-refractivity contribution in [3.8, 4) is 17.7 Å². The molecule has 26 heavy (non-hydrogen) atoms. The number of amides is 1. The third-order valence-corrected chi connectivity index (χ3v) is 3.59. The molecule has 128 valence electrons. The van der Waals surface area contributed by atoms with Crippen molar-refractivity contribution in [3.63, 3.8) is 0 Å². The van der Waals surface area contributed by atoms with Gasteiger partial charge in [0.15, 0.2) is 5.69 Å². The number of pyridine rings is 1. The molecule has 0 aliphatic rings. The van der Waals surface area contributed by atoms with E-state index in [0.29, 0.717) is 23.3 Å². The van der Waals surface area contributed by atoms with Crippen molar-refractivity contribution in [2.45, 2.75) is 13.3 Å². The van der Waals surface area contributed by atoms with Crippen LogP contribution in [0.25, 0.3) is 0 Å². The van der Waals surface area contributed by atoms with Crippen molar-refractivity contribution in [1.82, 2.24) is 15.2 Å². The van der Waals surface area contributed by atoms with E-state index < -0.39 is 5.91 Å².